The highest BCUT2D eigenvalue weighted by molar-refractivity contribution is 7.93. The number of nitrogens with one attached hydrogen (secondary N) is 1. The molecule has 0 aromatic heterocycles. The van der Waals surface area contributed by atoms with E-state index in [9.17, 15) is 21.2 Å². The summed E-state index contributed by atoms with van der Waals surface area (Å²) in [6.45, 7) is 0.364. The first kappa shape index (κ1) is 16.7. The molecule has 24 heavy (non-hydrogen) atoms. The van der Waals surface area contributed by atoms with E-state index in [2.05, 4.69) is 4.72 Å². The minimum absolute atomic E-state index is 0.0756. The summed E-state index contributed by atoms with van der Waals surface area (Å²) in [7, 11) is -7.31. The number of halogens is 1. The van der Waals surface area contributed by atoms with Gasteiger partial charge in [0.2, 0.25) is 10.0 Å². The molecule has 1 heterocycles. The fourth-order valence-corrected chi connectivity index (χ4v) is 5.14. The van der Waals surface area contributed by atoms with E-state index >= 15 is 0 Å². The van der Waals surface area contributed by atoms with Gasteiger partial charge in [-0.3, -0.25) is 9.03 Å². The van der Waals surface area contributed by atoms with Crippen molar-refractivity contribution in [3.8, 4) is 0 Å². The predicted molar refractivity (Wildman–Crippen MR) is 89.4 cm³/mol. The molecule has 3 rings (SSSR count). The second-order valence-corrected chi connectivity index (χ2v) is 9.05. The van der Waals surface area contributed by atoms with E-state index in [0.29, 0.717) is 18.7 Å². The molecule has 0 aliphatic carbocycles. The van der Waals surface area contributed by atoms with Gasteiger partial charge in [0.05, 0.1) is 22.0 Å². The van der Waals surface area contributed by atoms with Crippen LogP contribution in [0.4, 0.5) is 15.8 Å². The molecule has 128 valence electrons. The van der Waals surface area contributed by atoms with Crippen LogP contribution in [0.3, 0.4) is 0 Å². The third-order valence-electron chi connectivity index (χ3n) is 3.59. The molecule has 0 radical (unpaired) electrons. The highest BCUT2D eigenvalue weighted by Gasteiger charge is 2.28. The monoisotopic (exact) mass is 370 g/mol. The van der Waals surface area contributed by atoms with Gasteiger partial charge in [0.1, 0.15) is 5.82 Å². The molecule has 1 aliphatic heterocycles. The smallest absolute Gasteiger partial charge is 0.261 e. The Balaban J connectivity index is 1.90. The quantitative estimate of drug-likeness (QED) is 0.894. The first-order valence-corrected chi connectivity index (χ1v) is 10.3. The number of sulfonamides is 2. The van der Waals surface area contributed by atoms with Crippen molar-refractivity contribution in [3.05, 3.63) is 54.3 Å². The summed E-state index contributed by atoms with van der Waals surface area (Å²) in [5, 5.41) is 0. The van der Waals surface area contributed by atoms with Crippen LogP contribution in [-0.4, -0.2) is 29.1 Å². The fraction of sp³-hybridized carbons (Fsp3) is 0.200. The van der Waals surface area contributed by atoms with Crippen LogP contribution in [0.15, 0.2) is 53.4 Å². The SMILES string of the molecule is O=S(=O)(Nc1cccc(N2CCCS2(=O)=O)c1)c1cccc(F)c1. The molecule has 1 aliphatic rings. The summed E-state index contributed by atoms with van der Waals surface area (Å²) in [6.07, 6.45) is 0.529. The summed E-state index contributed by atoms with van der Waals surface area (Å²) in [5.74, 6) is -0.582. The van der Waals surface area contributed by atoms with E-state index in [1.165, 1.54) is 28.6 Å². The van der Waals surface area contributed by atoms with Gasteiger partial charge >= 0.3 is 0 Å². The van der Waals surface area contributed by atoms with Gasteiger partial charge in [-0.25, -0.2) is 21.2 Å². The van der Waals surface area contributed by atoms with Crippen LogP contribution in [-0.2, 0) is 20.0 Å². The molecule has 0 atom stereocenters. The molecule has 2 aromatic rings. The van der Waals surface area contributed by atoms with E-state index in [1.54, 1.807) is 12.1 Å². The number of benzene rings is 2. The standard InChI is InChI=1S/C15H15FN2O4S2/c16-12-4-1-7-15(10-12)24(21,22)17-13-5-2-6-14(11-13)18-8-3-9-23(18,19)20/h1-2,4-7,10-11,17H,3,8-9H2. The second-order valence-electron chi connectivity index (χ2n) is 5.35. The third kappa shape index (κ3) is 3.36. The molecule has 0 bridgehead atoms. The van der Waals surface area contributed by atoms with Crippen molar-refractivity contribution < 1.29 is 21.2 Å². The van der Waals surface area contributed by atoms with Gasteiger partial charge in [-0.15, -0.1) is 0 Å². The molecule has 0 unspecified atom stereocenters. The minimum atomic E-state index is -3.96. The fourth-order valence-electron chi connectivity index (χ4n) is 2.50. The van der Waals surface area contributed by atoms with Gasteiger partial charge in [-0.05, 0) is 42.8 Å². The van der Waals surface area contributed by atoms with Gasteiger partial charge in [-0.2, -0.15) is 0 Å². The van der Waals surface area contributed by atoms with Crippen molar-refractivity contribution in [3.63, 3.8) is 0 Å². The average molecular weight is 370 g/mol. The van der Waals surface area contributed by atoms with Crippen LogP contribution >= 0.6 is 0 Å². The Morgan fingerprint density at radius 1 is 1.08 bits per heavy atom. The van der Waals surface area contributed by atoms with E-state index < -0.39 is 25.9 Å². The Morgan fingerprint density at radius 2 is 1.83 bits per heavy atom. The Bertz CT molecular complexity index is 974. The van der Waals surface area contributed by atoms with Crippen molar-refractivity contribution >= 4 is 31.4 Å². The summed E-state index contributed by atoms with van der Waals surface area (Å²) < 4.78 is 65.4. The van der Waals surface area contributed by atoms with E-state index in [1.807, 2.05) is 0 Å². The van der Waals surface area contributed by atoms with E-state index in [4.69, 9.17) is 0 Å². The lowest BCUT2D eigenvalue weighted by Gasteiger charge is -2.18. The normalized spacial score (nSPS) is 17.0. The van der Waals surface area contributed by atoms with Crippen LogP contribution in [0.2, 0.25) is 0 Å². The van der Waals surface area contributed by atoms with Gasteiger partial charge in [-0.1, -0.05) is 12.1 Å². The maximum Gasteiger partial charge on any atom is 0.261 e. The van der Waals surface area contributed by atoms with E-state index in [0.717, 1.165) is 12.1 Å². The number of nitrogens with zero attached hydrogens (tertiary/aromatic N) is 1. The Labute approximate surface area is 140 Å². The van der Waals surface area contributed by atoms with Crippen LogP contribution in [0.25, 0.3) is 0 Å². The molecular formula is C15H15FN2O4S2. The van der Waals surface area contributed by atoms with Gasteiger partial charge in [0.15, 0.2) is 0 Å². The van der Waals surface area contributed by atoms with E-state index in [-0.39, 0.29) is 16.3 Å². The highest BCUT2D eigenvalue weighted by atomic mass is 32.2. The first-order chi connectivity index (χ1) is 11.3. The number of anilines is 2. The number of rotatable bonds is 4. The lowest BCUT2D eigenvalue weighted by atomic mass is 10.3. The minimum Gasteiger partial charge on any atom is -0.280 e. The topological polar surface area (TPSA) is 83.6 Å². The lowest BCUT2D eigenvalue weighted by molar-refractivity contribution is 0.595. The molecule has 1 N–H and O–H groups in total. The van der Waals surface area contributed by atoms with Crippen LogP contribution in [0, 0.1) is 5.82 Å². The molecule has 2 aromatic carbocycles. The molecule has 9 heteroatoms. The molecule has 0 spiro atoms. The summed E-state index contributed by atoms with van der Waals surface area (Å²) >= 11 is 0. The first-order valence-electron chi connectivity index (χ1n) is 7.17. The number of hydrogen-bond donors (Lipinski definition) is 1. The zero-order chi connectivity index (χ0) is 17.4. The summed E-state index contributed by atoms with van der Waals surface area (Å²) in [5.41, 5.74) is 0.603. The molecular weight excluding hydrogens is 355 g/mol. The van der Waals surface area contributed by atoms with Gasteiger partial charge in [0.25, 0.3) is 10.0 Å². The molecule has 0 saturated carbocycles. The van der Waals surface area contributed by atoms with Gasteiger partial charge < -0.3 is 0 Å². The van der Waals surface area contributed by atoms with Crippen molar-refractivity contribution in [1.82, 2.24) is 0 Å². The number of hydrogen-bond acceptors (Lipinski definition) is 4. The van der Waals surface area contributed by atoms with Crippen molar-refractivity contribution in [2.45, 2.75) is 11.3 Å². The molecule has 1 saturated heterocycles. The van der Waals surface area contributed by atoms with Crippen LogP contribution < -0.4 is 9.03 Å². The molecule has 6 nitrogen and oxygen atoms in total. The van der Waals surface area contributed by atoms with Crippen LogP contribution in [0.5, 0.6) is 0 Å². The Kier molecular flexibility index (Phi) is 4.22. The second kappa shape index (κ2) is 6.06. The Morgan fingerprint density at radius 3 is 2.50 bits per heavy atom. The highest BCUT2D eigenvalue weighted by Crippen LogP contribution is 2.27. The predicted octanol–water partition coefficient (Wildman–Crippen LogP) is 2.17. The van der Waals surface area contributed by atoms with Crippen LogP contribution in [0.1, 0.15) is 6.42 Å². The lowest BCUT2D eigenvalue weighted by Crippen LogP contribution is -2.25. The zero-order valence-electron chi connectivity index (χ0n) is 12.5. The molecule has 1 fully saturated rings. The third-order valence-corrected chi connectivity index (χ3v) is 6.84. The maximum absolute atomic E-state index is 13.2. The van der Waals surface area contributed by atoms with Crippen molar-refractivity contribution in [2.24, 2.45) is 0 Å². The average Bonchev–Trinajstić information content (AvgIpc) is 2.86. The van der Waals surface area contributed by atoms with Gasteiger partial charge in [0, 0.05) is 6.54 Å². The van der Waals surface area contributed by atoms with Crippen molar-refractivity contribution in [1.29, 1.82) is 0 Å². The largest absolute Gasteiger partial charge is 0.280 e. The summed E-state index contributed by atoms with van der Waals surface area (Å²) in [6, 6.07) is 10.8. The maximum atomic E-state index is 13.2. The van der Waals surface area contributed by atoms with Crippen molar-refractivity contribution in [2.75, 3.05) is 21.3 Å². The summed E-state index contributed by atoms with van der Waals surface area (Å²) in [4.78, 5) is -0.207. The Hall–Kier alpha value is -2.13. The zero-order valence-corrected chi connectivity index (χ0v) is 14.1. The molecule has 0 amide bonds.